The van der Waals surface area contributed by atoms with E-state index < -0.39 is 0 Å². The van der Waals surface area contributed by atoms with Crippen molar-refractivity contribution in [2.75, 3.05) is 0 Å². The summed E-state index contributed by atoms with van der Waals surface area (Å²) >= 11 is 3.46. The van der Waals surface area contributed by atoms with Gasteiger partial charge in [-0.05, 0) is 49.4 Å². The highest BCUT2D eigenvalue weighted by atomic mass is 79.9. The summed E-state index contributed by atoms with van der Waals surface area (Å²) in [5.74, 6) is 0.00396. The van der Waals surface area contributed by atoms with E-state index in [0.29, 0.717) is 17.6 Å². The molecule has 100 valence electrons. The zero-order valence-electron chi connectivity index (χ0n) is 10.7. The first-order valence-corrected chi connectivity index (χ1v) is 7.48. The highest BCUT2D eigenvalue weighted by Crippen LogP contribution is 2.26. The van der Waals surface area contributed by atoms with Crippen molar-refractivity contribution >= 4 is 27.5 Å². The highest BCUT2D eigenvalue weighted by molar-refractivity contribution is 9.10. The molecule has 0 spiro atoms. The van der Waals surface area contributed by atoms with Crippen LogP contribution in [0.15, 0.2) is 29.3 Å². The SMILES string of the molecule is C=C(NC1CC1)c1cc(Br)cc(C(=O)NC2CC2)c1. The molecule has 2 aliphatic rings. The van der Waals surface area contributed by atoms with Gasteiger partial charge in [-0.3, -0.25) is 4.79 Å². The molecule has 3 nitrogen and oxygen atoms in total. The van der Waals surface area contributed by atoms with E-state index in [1.807, 2.05) is 18.2 Å². The summed E-state index contributed by atoms with van der Waals surface area (Å²) in [6.07, 6.45) is 4.62. The number of rotatable bonds is 5. The van der Waals surface area contributed by atoms with Crippen LogP contribution in [0.4, 0.5) is 0 Å². The molecule has 0 aromatic heterocycles. The summed E-state index contributed by atoms with van der Waals surface area (Å²) in [6, 6.07) is 6.69. The van der Waals surface area contributed by atoms with Gasteiger partial charge in [-0.25, -0.2) is 0 Å². The Balaban J connectivity index is 1.77. The molecule has 2 aliphatic carbocycles. The van der Waals surface area contributed by atoms with Crippen molar-refractivity contribution in [3.8, 4) is 0 Å². The zero-order chi connectivity index (χ0) is 13.4. The molecule has 4 heteroatoms. The van der Waals surface area contributed by atoms with Crippen LogP contribution in [0.5, 0.6) is 0 Å². The highest BCUT2D eigenvalue weighted by Gasteiger charge is 2.25. The van der Waals surface area contributed by atoms with Gasteiger partial charge in [0.05, 0.1) is 0 Å². The number of benzene rings is 1. The van der Waals surface area contributed by atoms with E-state index in [1.165, 1.54) is 12.8 Å². The zero-order valence-corrected chi connectivity index (χ0v) is 12.3. The molecule has 0 heterocycles. The Hall–Kier alpha value is -1.29. The fraction of sp³-hybridized carbons (Fsp3) is 0.400. The van der Waals surface area contributed by atoms with Gasteiger partial charge in [0.1, 0.15) is 0 Å². The molecule has 2 N–H and O–H groups in total. The number of halogens is 1. The Morgan fingerprint density at radius 2 is 1.63 bits per heavy atom. The topological polar surface area (TPSA) is 41.1 Å². The Labute approximate surface area is 121 Å². The molecule has 1 amide bonds. The predicted molar refractivity (Wildman–Crippen MR) is 79.8 cm³/mol. The van der Waals surface area contributed by atoms with E-state index >= 15 is 0 Å². The summed E-state index contributed by atoms with van der Waals surface area (Å²) in [5, 5.41) is 6.38. The fourth-order valence-electron chi connectivity index (χ4n) is 1.95. The van der Waals surface area contributed by atoms with Crippen LogP contribution in [0, 0.1) is 0 Å². The van der Waals surface area contributed by atoms with E-state index in [9.17, 15) is 4.79 Å². The largest absolute Gasteiger partial charge is 0.382 e. The predicted octanol–water partition coefficient (Wildman–Crippen LogP) is 3.06. The van der Waals surface area contributed by atoms with Crippen molar-refractivity contribution in [2.24, 2.45) is 0 Å². The third-order valence-electron chi connectivity index (χ3n) is 3.38. The van der Waals surface area contributed by atoms with Gasteiger partial charge in [-0.15, -0.1) is 0 Å². The molecule has 0 saturated heterocycles. The molecular weight excluding hydrogens is 304 g/mol. The van der Waals surface area contributed by atoms with E-state index in [2.05, 4.69) is 33.1 Å². The first kappa shape index (κ1) is 12.7. The van der Waals surface area contributed by atoms with Crippen LogP contribution < -0.4 is 10.6 Å². The number of hydrogen-bond acceptors (Lipinski definition) is 2. The second-order valence-electron chi connectivity index (χ2n) is 5.37. The average molecular weight is 321 g/mol. The van der Waals surface area contributed by atoms with Crippen molar-refractivity contribution in [1.82, 2.24) is 10.6 Å². The third kappa shape index (κ3) is 3.38. The van der Waals surface area contributed by atoms with Gasteiger partial charge in [0, 0.05) is 27.8 Å². The Morgan fingerprint density at radius 1 is 1.05 bits per heavy atom. The van der Waals surface area contributed by atoms with Crippen LogP contribution >= 0.6 is 15.9 Å². The molecule has 0 atom stereocenters. The fourth-order valence-corrected chi connectivity index (χ4v) is 2.44. The average Bonchev–Trinajstić information content (AvgIpc) is 3.23. The molecule has 0 aliphatic heterocycles. The van der Waals surface area contributed by atoms with E-state index in [0.717, 1.165) is 28.6 Å². The second kappa shape index (κ2) is 5.00. The number of carbonyl (C=O) groups is 1. The molecule has 0 radical (unpaired) electrons. The van der Waals surface area contributed by atoms with Gasteiger partial charge in [0.25, 0.3) is 5.91 Å². The molecule has 2 saturated carbocycles. The quantitative estimate of drug-likeness (QED) is 0.875. The molecule has 1 aromatic carbocycles. The van der Waals surface area contributed by atoms with Crippen molar-refractivity contribution in [1.29, 1.82) is 0 Å². The van der Waals surface area contributed by atoms with Gasteiger partial charge in [-0.2, -0.15) is 0 Å². The summed E-state index contributed by atoms with van der Waals surface area (Å²) < 4.78 is 0.907. The first-order chi connectivity index (χ1) is 9.11. The van der Waals surface area contributed by atoms with Crippen LogP contribution in [0.3, 0.4) is 0 Å². The monoisotopic (exact) mass is 320 g/mol. The van der Waals surface area contributed by atoms with Crippen molar-refractivity contribution < 1.29 is 4.79 Å². The Bertz CT molecular complexity index is 489. The van der Waals surface area contributed by atoms with Crippen LogP contribution in [-0.4, -0.2) is 18.0 Å². The molecular formula is C15H17BrN2O. The minimum Gasteiger partial charge on any atom is -0.382 e. The van der Waals surface area contributed by atoms with Crippen LogP contribution in [0.25, 0.3) is 5.70 Å². The molecule has 2 fully saturated rings. The lowest BCUT2D eigenvalue weighted by molar-refractivity contribution is 0.0951. The maximum atomic E-state index is 12.1. The van der Waals surface area contributed by atoms with Crippen LogP contribution in [-0.2, 0) is 0 Å². The minimum absolute atomic E-state index is 0.00396. The van der Waals surface area contributed by atoms with Crippen molar-refractivity contribution in [2.45, 2.75) is 37.8 Å². The lowest BCUT2D eigenvalue weighted by Crippen LogP contribution is -2.25. The van der Waals surface area contributed by atoms with Crippen molar-refractivity contribution in [3.05, 3.63) is 40.4 Å². The first-order valence-electron chi connectivity index (χ1n) is 6.69. The summed E-state index contributed by atoms with van der Waals surface area (Å²) in [7, 11) is 0. The molecule has 1 aromatic rings. The van der Waals surface area contributed by atoms with Gasteiger partial charge >= 0.3 is 0 Å². The van der Waals surface area contributed by atoms with Crippen molar-refractivity contribution in [3.63, 3.8) is 0 Å². The minimum atomic E-state index is 0.00396. The van der Waals surface area contributed by atoms with Gasteiger partial charge in [-0.1, -0.05) is 22.5 Å². The normalized spacial score (nSPS) is 17.9. The smallest absolute Gasteiger partial charge is 0.251 e. The van der Waals surface area contributed by atoms with Gasteiger partial charge < -0.3 is 10.6 Å². The Morgan fingerprint density at radius 3 is 2.26 bits per heavy atom. The second-order valence-corrected chi connectivity index (χ2v) is 6.29. The van der Waals surface area contributed by atoms with E-state index in [1.54, 1.807) is 0 Å². The number of amides is 1. The lowest BCUT2D eigenvalue weighted by atomic mass is 10.1. The molecule has 0 unspecified atom stereocenters. The van der Waals surface area contributed by atoms with Gasteiger partial charge in [0.15, 0.2) is 0 Å². The standard InChI is InChI=1S/C15H17BrN2O/c1-9(17-13-2-3-13)10-6-11(8-12(16)7-10)15(19)18-14-4-5-14/h6-8,13-14,17H,1-5H2,(H,18,19). The maximum absolute atomic E-state index is 12.1. The Kier molecular flexibility index (Phi) is 3.35. The maximum Gasteiger partial charge on any atom is 0.251 e. The summed E-state index contributed by atoms with van der Waals surface area (Å²) in [6.45, 7) is 4.06. The van der Waals surface area contributed by atoms with Crippen LogP contribution in [0.1, 0.15) is 41.6 Å². The lowest BCUT2D eigenvalue weighted by Gasteiger charge is -2.11. The summed E-state index contributed by atoms with van der Waals surface area (Å²) in [5.41, 5.74) is 2.56. The third-order valence-corrected chi connectivity index (χ3v) is 3.83. The molecule has 0 bridgehead atoms. The van der Waals surface area contributed by atoms with E-state index in [-0.39, 0.29) is 5.91 Å². The number of carbonyl (C=O) groups excluding carboxylic acids is 1. The number of hydrogen-bond donors (Lipinski definition) is 2. The molecule has 19 heavy (non-hydrogen) atoms. The van der Waals surface area contributed by atoms with Gasteiger partial charge in [0.2, 0.25) is 0 Å². The number of nitrogens with one attached hydrogen (secondary N) is 2. The summed E-state index contributed by atoms with van der Waals surface area (Å²) in [4.78, 5) is 12.1. The van der Waals surface area contributed by atoms with E-state index in [4.69, 9.17) is 0 Å². The van der Waals surface area contributed by atoms with Crippen LogP contribution in [0.2, 0.25) is 0 Å². The molecule has 3 rings (SSSR count).